The van der Waals surface area contributed by atoms with Crippen LogP contribution in [-0.2, 0) is 0 Å². The molecule has 5 heteroatoms. The highest BCUT2D eigenvalue weighted by Gasteiger charge is 2.08. The van der Waals surface area contributed by atoms with E-state index in [1.807, 2.05) is 32.0 Å². The Morgan fingerprint density at radius 1 is 1.12 bits per heavy atom. The van der Waals surface area contributed by atoms with Crippen molar-refractivity contribution in [3.63, 3.8) is 0 Å². The number of aryl methyl sites for hydroxylation is 2. The first-order chi connectivity index (χ1) is 7.58. The molecule has 0 bridgehead atoms. The zero-order valence-corrected chi connectivity index (χ0v) is 11.1. The standard InChI is InChI=1S/C12H12ClN3.ClH/c1-7-4-3-5-8(2)11(7)9-6-10(13)16-12(14)15-9;/h3-6H,1-2H3,(H2,14,15,16);1H. The smallest absolute Gasteiger partial charge is 0.221 e. The minimum Gasteiger partial charge on any atom is -0.368 e. The number of benzene rings is 1. The van der Waals surface area contributed by atoms with Crippen LogP contribution in [-0.4, -0.2) is 9.97 Å². The lowest BCUT2D eigenvalue weighted by atomic mass is 10.00. The molecule has 1 aromatic carbocycles. The number of halogens is 2. The molecule has 0 saturated carbocycles. The van der Waals surface area contributed by atoms with Gasteiger partial charge in [0.15, 0.2) is 0 Å². The average molecular weight is 270 g/mol. The summed E-state index contributed by atoms with van der Waals surface area (Å²) >= 11 is 5.87. The minimum absolute atomic E-state index is 0. The van der Waals surface area contributed by atoms with Gasteiger partial charge in [-0.25, -0.2) is 9.97 Å². The molecule has 0 unspecified atom stereocenters. The van der Waals surface area contributed by atoms with Gasteiger partial charge >= 0.3 is 0 Å². The van der Waals surface area contributed by atoms with E-state index in [-0.39, 0.29) is 18.4 Å². The molecule has 0 amide bonds. The SMILES string of the molecule is Cc1cccc(C)c1-c1cc(Cl)nc(N)n1.Cl. The molecule has 0 aliphatic heterocycles. The van der Waals surface area contributed by atoms with Gasteiger partial charge in [-0.15, -0.1) is 12.4 Å². The van der Waals surface area contributed by atoms with Crippen molar-refractivity contribution in [2.75, 3.05) is 5.73 Å². The van der Waals surface area contributed by atoms with Crippen LogP contribution < -0.4 is 5.73 Å². The van der Waals surface area contributed by atoms with Crippen LogP contribution in [0.3, 0.4) is 0 Å². The fraction of sp³-hybridized carbons (Fsp3) is 0.167. The molecule has 0 atom stereocenters. The number of rotatable bonds is 1. The van der Waals surface area contributed by atoms with E-state index >= 15 is 0 Å². The van der Waals surface area contributed by atoms with Crippen molar-refractivity contribution in [2.24, 2.45) is 0 Å². The Bertz CT molecular complexity index is 501. The van der Waals surface area contributed by atoms with E-state index in [1.54, 1.807) is 6.07 Å². The van der Waals surface area contributed by atoms with Gasteiger partial charge in [-0.3, -0.25) is 0 Å². The largest absolute Gasteiger partial charge is 0.368 e. The highest BCUT2D eigenvalue weighted by Crippen LogP contribution is 2.27. The first kappa shape index (κ1) is 13.7. The first-order valence-electron chi connectivity index (χ1n) is 4.94. The number of aromatic nitrogens is 2. The highest BCUT2D eigenvalue weighted by molar-refractivity contribution is 6.29. The maximum absolute atomic E-state index is 5.87. The van der Waals surface area contributed by atoms with Gasteiger partial charge in [-0.2, -0.15) is 0 Å². The van der Waals surface area contributed by atoms with Crippen LogP contribution in [0.25, 0.3) is 11.3 Å². The van der Waals surface area contributed by atoms with Crippen LogP contribution in [0, 0.1) is 13.8 Å². The lowest BCUT2D eigenvalue weighted by Gasteiger charge is -2.09. The Morgan fingerprint density at radius 3 is 2.24 bits per heavy atom. The fourth-order valence-corrected chi connectivity index (χ4v) is 1.97. The Kier molecular flexibility index (Phi) is 4.32. The highest BCUT2D eigenvalue weighted by atomic mass is 35.5. The second-order valence-electron chi connectivity index (χ2n) is 3.70. The molecule has 17 heavy (non-hydrogen) atoms. The van der Waals surface area contributed by atoms with E-state index in [9.17, 15) is 0 Å². The second-order valence-corrected chi connectivity index (χ2v) is 4.09. The van der Waals surface area contributed by atoms with Gasteiger partial charge in [-0.05, 0) is 25.0 Å². The number of nitrogen functional groups attached to an aromatic ring is 1. The Morgan fingerprint density at radius 2 is 1.71 bits per heavy atom. The zero-order valence-electron chi connectivity index (χ0n) is 9.57. The predicted molar refractivity (Wildman–Crippen MR) is 73.6 cm³/mol. The molecule has 1 heterocycles. The molecule has 0 fully saturated rings. The number of anilines is 1. The molecule has 0 saturated heterocycles. The first-order valence-corrected chi connectivity index (χ1v) is 5.32. The van der Waals surface area contributed by atoms with Gasteiger partial charge < -0.3 is 5.73 Å². The monoisotopic (exact) mass is 269 g/mol. The van der Waals surface area contributed by atoms with E-state index in [1.165, 1.54) is 0 Å². The third-order valence-corrected chi connectivity index (χ3v) is 2.64. The summed E-state index contributed by atoms with van der Waals surface area (Å²) in [5.41, 5.74) is 9.72. The summed E-state index contributed by atoms with van der Waals surface area (Å²) in [6.45, 7) is 4.07. The average Bonchev–Trinajstić information content (AvgIpc) is 2.15. The number of hydrogen-bond acceptors (Lipinski definition) is 3. The van der Waals surface area contributed by atoms with Crippen LogP contribution >= 0.6 is 24.0 Å². The van der Waals surface area contributed by atoms with Crippen LogP contribution in [0.5, 0.6) is 0 Å². The lowest BCUT2D eigenvalue weighted by molar-refractivity contribution is 1.18. The topological polar surface area (TPSA) is 51.8 Å². The van der Waals surface area contributed by atoms with Crippen molar-refractivity contribution in [2.45, 2.75) is 13.8 Å². The van der Waals surface area contributed by atoms with Gasteiger partial charge in [0.25, 0.3) is 0 Å². The molecule has 1 aromatic heterocycles. The van der Waals surface area contributed by atoms with E-state index in [0.717, 1.165) is 22.4 Å². The molecule has 0 aliphatic rings. The van der Waals surface area contributed by atoms with Crippen molar-refractivity contribution in [1.82, 2.24) is 9.97 Å². The summed E-state index contributed by atoms with van der Waals surface area (Å²) in [4.78, 5) is 8.06. The summed E-state index contributed by atoms with van der Waals surface area (Å²) in [6, 6.07) is 7.82. The molecule has 0 aliphatic carbocycles. The number of nitrogens with two attached hydrogens (primary N) is 1. The van der Waals surface area contributed by atoms with E-state index in [4.69, 9.17) is 17.3 Å². The summed E-state index contributed by atoms with van der Waals surface area (Å²) in [6.07, 6.45) is 0. The Balaban J connectivity index is 0.00000144. The molecule has 2 rings (SSSR count). The van der Waals surface area contributed by atoms with Crippen molar-refractivity contribution in [3.8, 4) is 11.3 Å². The normalized spacial score (nSPS) is 9.82. The lowest BCUT2D eigenvalue weighted by Crippen LogP contribution is -1.98. The Hall–Kier alpha value is -1.32. The van der Waals surface area contributed by atoms with Crippen molar-refractivity contribution in [3.05, 3.63) is 40.5 Å². The fourth-order valence-electron chi connectivity index (χ4n) is 1.78. The van der Waals surface area contributed by atoms with E-state index < -0.39 is 0 Å². The molecule has 2 aromatic rings. The zero-order chi connectivity index (χ0) is 11.7. The van der Waals surface area contributed by atoms with Crippen molar-refractivity contribution in [1.29, 1.82) is 0 Å². The molecule has 90 valence electrons. The van der Waals surface area contributed by atoms with Gasteiger partial charge in [-0.1, -0.05) is 29.8 Å². The maximum atomic E-state index is 5.87. The van der Waals surface area contributed by atoms with Crippen LogP contribution in [0.4, 0.5) is 5.95 Å². The van der Waals surface area contributed by atoms with Gasteiger partial charge in [0, 0.05) is 11.6 Å². The molecule has 0 spiro atoms. The van der Waals surface area contributed by atoms with Gasteiger partial charge in [0.05, 0.1) is 5.69 Å². The summed E-state index contributed by atoms with van der Waals surface area (Å²) in [5, 5.41) is 0.366. The molecular weight excluding hydrogens is 257 g/mol. The number of hydrogen-bond donors (Lipinski definition) is 1. The molecule has 0 radical (unpaired) electrons. The van der Waals surface area contributed by atoms with Gasteiger partial charge in [0.1, 0.15) is 5.15 Å². The Labute approximate surface area is 111 Å². The minimum atomic E-state index is 0. The van der Waals surface area contributed by atoms with Crippen molar-refractivity contribution >= 4 is 30.0 Å². The third kappa shape index (κ3) is 2.87. The molecule has 3 nitrogen and oxygen atoms in total. The van der Waals surface area contributed by atoms with E-state index in [2.05, 4.69) is 9.97 Å². The quantitative estimate of drug-likeness (QED) is 0.808. The van der Waals surface area contributed by atoms with E-state index in [0.29, 0.717) is 5.15 Å². The summed E-state index contributed by atoms with van der Waals surface area (Å²) < 4.78 is 0. The maximum Gasteiger partial charge on any atom is 0.221 e. The number of nitrogens with zero attached hydrogens (tertiary/aromatic N) is 2. The van der Waals surface area contributed by atoms with Gasteiger partial charge in [0.2, 0.25) is 5.95 Å². The van der Waals surface area contributed by atoms with Crippen LogP contribution in [0.15, 0.2) is 24.3 Å². The predicted octanol–water partition coefficient (Wildman–Crippen LogP) is 3.42. The van der Waals surface area contributed by atoms with Crippen LogP contribution in [0.1, 0.15) is 11.1 Å². The molecular formula is C12H13Cl2N3. The van der Waals surface area contributed by atoms with Crippen LogP contribution in [0.2, 0.25) is 5.15 Å². The summed E-state index contributed by atoms with van der Waals surface area (Å²) in [5.74, 6) is 0.199. The van der Waals surface area contributed by atoms with Crippen molar-refractivity contribution < 1.29 is 0 Å². The molecule has 2 N–H and O–H groups in total. The summed E-state index contributed by atoms with van der Waals surface area (Å²) in [7, 11) is 0. The third-order valence-electron chi connectivity index (χ3n) is 2.45. The second kappa shape index (κ2) is 5.34.